The van der Waals surface area contributed by atoms with Crippen LogP contribution in [0.15, 0.2) is 0 Å². The Morgan fingerprint density at radius 1 is 1.73 bits per heavy atom. The van der Waals surface area contributed by atoms with Crippen LogP contribution in [0.2, 0.25) is 0 Å². The molecule has 6 nitrogen and oxygen atoms in total. The highest BCUT2D eigenvalue weighted by atomic mass is 16.2. The number of amides is 1. The first-order chi connectivity index (χ1) is 7.20. The summed E-state index contributed by atoms with van der Waals surface area (Å²) in [6.45, 7) is 3.76. The van der Waals surface area contributed by atoms with E-state index in [1.807, 2.05) is 0 Å². The number of carbonyl (C=O) groups excluding carboxylic acids is 1. The van der Waals surface area contributed by atoms with Gasteiger partial charge in [-0.25, -0.2) is 0 Å². The van der Waals surface area contributed by atoms with Gasteiger partial charge in [0, 0.05) is 13.1 Å². The molecule has 0 spiro atoms. The van der Waals surface area contributed by atoms with E-state index in [-0.39, 0.29) is 17.7 Å². The molecule has 0 bridgehead atoms. The zero-order chi connectivity index (χ0) is 10.8. The predicted octanol–water partition coefficient (Wildman–Crippen LogP) is 0.259. The number of likely N-dealkylation sites (tertiary alicyclic amines) is 1. The lowest BCUT2D eigenvalue weighted by molar-refractivity contribution is 0.0775. The quantitative estimate of drug-likeness (QED) is 0.731. The Morgan fingerprint density at radius 2 is 2.53 bits per heavy atom. The van der Waals surface area contributed by atoms with Gasteiger partial charge in [0.05, 0.1) is 0 Å². The predicted molar refractivity (Wildman–Crippen MR) is 55.1 cm³/mol. The third-order valence-corrected chi connectivity index (χ3v) is 2.86. The molecule has 1 amide bonds. The van der Waals surface area contributed by atoms with Gasteiger partial charge in [-0.3, -0.25) is 9.89 Å². The summed E-state index contributed by atoms with van der Waals surface area (Å²) in [4.78, 5) is 17.5. The number of anilines is 1. The molecule has 1 aliphatic heterocycles. The Balaban J connectivity index is 2.03. The van der Waals surface area contributed by atoms with Crippen molar-refractivity contribution < 1.29 is 4.79 Å². The second-order valence-corrected chi connectivity index (χ2v) is 3.86. The van der Waals surface area contributed by atoms with E-state index in [1.54, 1.807) is 4.90 Å². The highest BCUT2D eigenvalue weighted by Crippen LogP contribution is 2.20. The smallest absolute Gasteiger partial charge is 0.291 e. The average molecular weight is 209 g/mol. The molecule has 2 heterocycles. The molecule has 1 aromatic heterocycles. The number of nitrogens with zero attached hydrogens (tertiary/aromatic N) is 3. The lowest BCUT2D eigenvalue weighted by Crippen LogP contribution is -2.29. The van der Waals surface area contributed by atoms with Crippen LogP contribution in [-0.4, -0.2) is 39.1 Å². The van der Waals surface area contributed by atoms with Gasteiger partial charge in [0.1, 0.15) is 0 Å². The third kappa shape index (κ3) is 1.93. The monoisotopic (exact) mass is 209 g/mol. The Morgan fingerprint density at radius 3 is 3.07 bits per heavy atom. The van der Waals surface area contributed by atoms with Crippen LogP contribution >= 0.6 is 0 Å². The van der Waals surface area contributed by atoms with Crippen LogP contribution in [0.25, 0.3) is 0 Å². The van der Waals surface area contributed by atoms with Crippen LogP contribution < -0.4 is 5.73 Å². The summed E-state index contributed by atoms with van der Waals surface area (Å²) in [6, 6.07) is 0. The van der Waals surface area contributed by atoms with Crippen molar-refractivity contribution in [1.29, 1.82) is 0 Å². The van der Waals surface area contributed by atoms with Gasteiger partial charge in [-0.05, 0) is 12.3 Å². The summed E-state index contributed by atoms with van der Waals surface area (Å²) in [5.41, 5.74) is 5.34. The fraction of sp³-hybridized carbons (Fsp3) is 0.667. The normalized spacial score (nSPS) is 20.9. The van der Waals surface area contributed by atoms with Gasteiger partial charge in [0.15, 0.2) is 0 Å². The van der Waals surface area contributed by atoms with Crippen LogP contribution in [0.4, 0.5) is 5.95 Å². The van der Waals surface area contributed by atoms with Crippen molar-refractivity contribution >= 4 is 11.9 Å². The zero-order valence-corrected chi connectivity index (χ0v) is 8.73. The van der Waals surface area contributed by atoms with Gasteiger partial charge >= 0.3 is 0 Å². The van der Waals surface area contributed by atoms with E-state index in [1.165, 1.54) is 0 Å². The molecule has 0 saturated carbocycles. The molecular formula is C9H15N5O. The molecule has 0 aromatic carbocycles. The molecule has 2 rings (SSSR count). The summed E-state index contributed by atoms with van der Waals surface area (Å²) in [7, 11) is 0. The van der Waals surface area contributed by atoms with Gasteiger partial charge in [0.2, 0.25) is 11.8 Å². The maximum absolute atomic E-state index is 11.9. The maximum atomic E-state index is 11.9. The standard InChI is InChI=1S/C9H15N5O/c1-2-6-3-4-14(5-6)8(15)7-11-9(10)13-12-7/h6H,2-5H2,1H3,(H3,10,11,12,13). The average Bonchev–Trinajstić information content (AvgIpc) is 2.84. The number of aromatic nitrogens is 3. The molecule has 1 atom stereocenters. The minimum atomic E-state index is -0.102. The Bertz CT molecular complexity index is 361. The zero-order valence-electron chi connectivity index (χ0n) is 8.73. The summed E-state index contributed by atoms with van der Waals surface area (Å²) in [5.74, 6) is 0.873. The van der Waals surface area contributed by atoms with Crippen LogP contribution in [-0.2, 0) is 0 Å². The van der Waals surface area contributed by atoms with E-state index in [2.05, 4.69) is 22.1 Å². The van der Waals surface area contributed by atoms with Gasteiger partial charge in [-0.15, -0.1) is 5.10 Å². The first kappa shape index (κ1) is 9.95. The van der Waals surface area contributed by atoms with Crippen molar-refractivity contribution in [2.24, 2.45) is 5.92 Å². The maximum Gasteiger partial charge on any atom is 0.291 e. The minimum Gasteiger partial charge on any atom is -0.366 e. The van der Waals surface area contributed by atoms with Gasteiger partial charge in [-0.2, -0.15) is 4.98 Å². The largest absolute Gasteiger partial charge is 0.366 e. The summed E-state index contributed by atoms with van der Waals surface area (Å²) < 4.78 is 0. The van der Waals surface area contributed by atoms with E-state index in [9.17, 15) is 4.79 Å². The number of hydrogen-bond acceptors (Lipinski definition) is 4. The lowest BCUT2D eigenvalue weighted by atomic mass is 10.1. The Kier molecular flexibility index (Phi) is 2.57. The first-order valence-corrected chi connectivity index (χ1v) is 5.18. The van der Waals surface area contributed by atoms with Crippen LogP contribution in [0.1, 0.15) is 30.4 Å². The molecule has 1 saturated heterocycles. The molecule has 3 N–H and O–H groups in total. The van der Waals surface area contributed by atoms with E-state index in [0.29, 0.717) is 5.92 Å². The third-order valence-electron chi connectivity index (χ3n) is 2.86. The minimum absolute atomic E-state index is 0.102. The number of carbonyl (C=O) groups is 1. The number of hydrogen-bond donors (Lipinski definition) is 2. The second kappa shape index (κ2) is 3.88. The topological polar surface area (TPSA) is 87.9 Å². The highest BCUT2D eigenvalue weighted by molar-refractivity contribution is 5.90. The SMILES string of the molecule is CCC1CCN(C(=O)c2nc(N)n[nH]2)C1. The second-order valence-electron chi connectivity index (χ2n) is 3.86. The molecule has 6 heteroatoms. The molecular weight excluding hydrogens is 194 g/mol. The molecule has 82 valence electrons. The van der Waals surface area contributed by atoms with Crippen molar-refractivity contribution in [1.82, 2.24) is 20.1 Å². The van der Waals surface area contributed by atoms with E-state index >= 15 is 0 Å². The molecule has 1 fully saturated rings. The summed E-state index contributed by atoms with van der Waals surface area (Å²) in [5, 5.41) is 6.18. The van der Waals surface area contributed by atoms with Gasteiger partial charge in [-0.1, -0.05) is 13.3 Å². The highest BCUT2D eigenvalue weighted by Gasteiger charge is 2.27. The van der Waals surface area contributed by atoms with Crippen molar-refractivity contribution in [3.63, 3.8) is 0 Å². The van der Waals surface area contributed by atoms with Crippen molar-refractivity contribution in [3.05, 3.63) is 5.82 Å². The number of H-pyrrole nitrogens is 1. The fourth-order valence-corrected chi connectivity index (χ4v) is 1.87. The van der Waals surface area contributed by atoms with Crippen LogP contribution in [0.5, 0.6) is 0 Å². The molecule has 1 aliphatic rings. The molecule has 0 aliphatic carbocycles. The lowest BCUT2D eigenvalue weighted by Gasteiger charge is -2.13. The van der Waals surface area contributed by atoms with Crippen molar-refractivity contribution in [2.45, 2.75) is 19.8 Å². The molecule has 1 aromatic rings. The van der Waals surface area contributed by atoms with E-state index < -0.39 is 0 Å². The molecule has 1 unspecified atom stereocenters. The Labute approximate surface area is 87.9 Å². The molecule has 15 heavy (non-hydrogen) atoms. The van der Waals surface area contributed by atoms with Crippen LogP contribution in [0.3, 0.4) is 0 Å². The van der Waals surface area contributed by atoms with E-state index in [4.69, 9.17) is 5.73 Å². The number of nitrogens with two attached hydrogens (primary N) is 1. The van der Waals surface area contributed by atoms with E-state index in [0.717, 1.165) is 25.9 Å². The number of nitrogen functional groups attached to an aromatic ring is 1. The molecule has 0 radical (unpaired) electrons. The number of nitrogens with one attached hydrogen (secondary N) is 1. The first-order valence-electron chi connectivity index (χ1n) is 5.18. The van der Waals surface area contributed by atoms with Gasteiger partial charge < -0.3 is 10.6 Å². The summed E-state index contributed by atoms with van der Waals surface area (Å²) in [6.07, 6.45) is 2.19. The van der Waals surface area contributed by atoms with Crippen LogP contribution in [0, 0.1) is 5.92 Å². The fourth-order valence-electron chi connectivity index (χ4n) is 1.87. The Hall–Kier alpha value is -1.59. The van der Waals surface area contributed by atoms with Crippen molar-refractivity contribution in [3.8, 4) is 0 Å². The number of rotatable bonds is 2. The summed E-state index contributed by atoms with van der Waals surface area (Å²) >= 11 is 0. The van der Waals surface area contributed by atoms with Crippen molar-refractivity contribution in [2.75, 3.05) is 18.8 Å². The number of aromatic amines is 1. The van der Waals surface area contributed by atoms with Gasteiger partial charge in [0.25, 0.3) is 5.91 Å².